The number of morpholine rings is 1. The minimum absolute atomic E-state index is 0.0397. The SMILES string of the molecule is Cc1nn(CC(=O)NCC2CCCCC2)c(C)c1S(=O)(=O)N1CCOCC1. The van der Waals surface area contributed by atoms with Gasteiger partial charge in [0.25, 0.3) is 0 Å². The number of carbonyl (C=O) groups is 1. The second-order valence-electron chi connectivity index (χ2n) is 7.48. The lowest BCUT2D eigenvalue weighted by Crippen LogP contribution is -2.41. The van der Waals surface area contributed by atoms with Gasteiger partial charge in [-0.15, -0.1) is 0 Å². The Morgan fingerprint density at radius 2 is 1.85 bits per heavy atom. The molecule has 2 aliphatic rings. The third-order valence-electron chi connectivity index (χ3n) is 5.49. The summed E-state index contributed by atoms with van der Waals surface area (Å²) in [4.78, 5) is 12.5. The molecule has 0 spiro atoms. The Morgan fingerprint density at radius 3 is 2.52 bits per heavy atom. The number of ether oxygens (including phenoxy) is 1. The molecule has 8 nitrogen and oxygen atoms in total. The highest BCUT2D eigenvalue weighted by Gasteiger charge is 2.32. The van der Waals surface area contributed by atoms with Crippen LogP contribution >= 0.6 is 0 Å². The van der Waals surface area contributed by atoms with Crippen molar-refractivity contribution < 1.29 is 17.9 Å². The van der Waals surface area contributed by atoms with Gasteiger partial charge in [-0.25, -0.2) is 8.42 Å². The molecule has 1 amide bonds. The lowest BCUT2D eigenvalue weighted by Gasteiger charge is -2.26. The summed E-state index contributed by atoms with van der Waals surface area (Å²) in [6.45, 7) is 5.60. The van der Waals surface area contributed by atoms with Gasteiger partial charge in [-0.2, -0.15) is 9.40 Å². The second-order valence-corrected chi connectivity index (χ2v) is 9.36. The smallest absolute Gasteiger partial charge is 0.246 e. The number of rotatable bonds is 6. The predicted molar refractivity (Wildman–Crippen MR) is 101 cm³/mol. The summed E-state index contributed by atoms with van der Waals surface area (Å²) in [6.07, 6.45) is 6.10. The third-order valence-corrected chi connectivity index (χ3v) is 7.64. The number of hydrogen-bond acceptors (Lipinski definition) is 5. The van der Waals surface area contributed by atoms with Crippen LogP contribution in [-0.4, -0.2) is 61.3 Å². The molecular weight excluding hydrogens is 368 g/mol. The van der Waals surface area contributed by atoms with Gasteiger partial charge in [0.05, 0.1) is 24.6 Å². The molecule has 1 aromatic rings. The summed E-state index contributed by atoms with van der Waals surface area (Å²) in [5.41, 5.74) is 0.936. The zero-order valence-corrected chi connectivity index (χ0v) is 17.1. The van der Waals surface area contributed by atoms with E-state index in [4.69, 9.17) is 4.74 Å². The van der Waals surface area contributed by atoms with Crippen LogP contribution in [0.4, 0.5) is 0 Å². The van der Waals surface area contributed by atoms with Crippen LogP contribution in [0.2, 0.25) is 0 Å². The van der Waals surface area contributed by atoms with Crippen LogP contribution < -0.4 is 5.32 Å². The van der Waals surface area contributed by atoms with E-state index in [0.717, 1.165) is 0 Å². The van der Waals surface area contributed by atoms with Gasteiger partial charge in [0.2, 0.25) is 15.9 Å². The summed E-state index contributed by atoms with van der Waals surface area (Å²) >= 11 is 0. The zero-order chi connectivity index (χ0) is 19.4. The van der Waals surface area contributed by atoms with E-state index >= 15 is 0 Å². The highest BCUT2D eigenvalue weighted by atomic mass is 32.2. The number of amides is 1. The largest absolute Gasteiger partial charge is 0.379 e. The Labute approximate surface area is 161 Å². The molecule has 152 valence electrons. The summed E-state index contributed by atoms with van der Waals surface area (Å²) in [5, 5.41) is 7.31. The molecule has 1 aliphatic heterocycles. The average molecular weight is 399 g/mol. The molecule has 1 saturated heterocycles. The average Bonchev–Trinajstić information content (AvgIpc) is 2.95. The quantitative estimate of drug-likeness (QED) is 0.778. The fourth-order valence-electron chi connectivity index (χ4n) is 3.97. The van der Waals surface area contributed by atoms with Crippen molar-refractivity contribution in [3.8, 4) is 0 Å². The van der Waals surface area contributed by atoms with Gasteiger partial charge in [-0.3, -0.25) is 9.48 Å². The van der Waals surface area contributed by atoms with Gasteiger partial charge < -0.3 is 10.1 Å². The first kappa shape index (κ1) is 20.3. The van der Waals surface area contributed by atoms with Crippen LogP contribution in [0.1, 0.15) is 43.5 Å². The van der Waals surface area contributed by atoms with E-state index in [2.05, 4.69) is 10.4 Å². The first-order valence-corrected chi connectivity index (χ1v) is 11.2. The molecular formula is C18H30N4O4S. The van der Waals surface area contributed by atoms with E-state index in [-0.39, 0.29) is 17.3 Å². The summed E-state index contributed by atoms with van der Waals surface area (Å²) in [5.74, 6) is 0.432. The van der Waals surface area contributed by atoms with Crippen LogP contribution in [0.25, 0.3) is 0 Å². The topological polar surface area (TPSA) is 93.5 Å². The molecule has 0 bridgehead atoms. The molecule has 2 fully saturated rings. The van der Waals surface area contributed by atoms with E-state index in [1.807, 2.05) is 0 Å². The highest BCUT2D eigenvalue weighted by Crippen LogP contribution is 2.25. The van der Waals surface area contributed by atoms with Gasteiger partial charge in [0, 0.05) is 19.6 Å². The maximum Gasteiger partial charge on any atom is 0.246 e. The lowest BCUT2D eigenvalue weighted by molar-refractivity contribution is -0.122. The van der Waals surface area contributed by atoms with Crippen LogP contribution in [-0.2, 0) is 26.1 Å². The van der Waals surface area contributed by atoms with Gasteiger partial charge >= 0.3 is 0 Å². The fourth-order valence-corrected chi connectivity index (χ4v) is 5.75. The first-order chi connectivity index (χ1) is 12.9. The van der Waals surface area contributed by atoms with Crippen molar-refractivity contribution in [1.29, 1.82) is 0 Å². The standard InChI is InChI=1S/C18H30N4O4S/c1-14-18(27(24,25)21-8-10-26-11-9-21)15(2)22(20-14)13-17(23)19-12-16-6-4-3-5-7-16/h16H,3-13H2,1-2H3,(H,19,23). The van der Waals surface area contributed by atoms with Crippen LogP contribution in [0, 0.1) is 19.8 Å². The molecule has 2 heterocycles. The summed E-state index contributed by atoms with van der Waals surface area (Å²) in [7, 11) is -3.63. The monoisotopic (exact) mass is 398 g/mol. The van der Waals surface area contributed by atoms with Crippen molar-refractivity contribution in [2.24, 2.45) is 5.92 Å². The molecule has 1 saturated carbocycles. The highest BCUT2D eigenvalue weighted by molar-refractivity contribution is 7.89. The molecule has 0 radical (unpaired) electrons. The fraction of sp³-hybridized carbons (Fsp3) is 0.778. The van der Waals surface area contributed by atoms with Crippen molar-refractivity contribution in [3.05, 3.63) is 11.4 Å². The van der Waals surface area contributed by atoms with Gasteiger partial charge in [0.1, 0.15) is 11.4 Å². The van der Waals surface area contributed by atoms with Gasteiger partial charge in [-0.1, -0.05) is 19.3 Å². The summed E-state index contributed by atoms with van der Waals surface area (Å²) < 4.78 is 34.1. The van der Waals surface area contributed by atoms with E-state index in [0.29, 0.717) is 50.2 Å². The molecule has 0 unspecified atom stereocenters. The number of nitrogens with one attached hydrogen (secondary N) is 1. The Morgan fingerprint density at radius 1 is 1.19 bits per heavy atom. The minimum Gasteiger partial charge on any atom is -0.379 e. The van der Waals surface area contributed by atoms with Crippen molar-refractivity contribution in [2.75, 3.05) is 32.8 Å². The normalized spacial score (nSPS) is 19.9. The van der Waals surface area contributed by atoms with E-state index in [9.17, 15) is 13.2 Å². The Hall–Kier alpha value is -1.45. The number of carbonyl (C=O) groups excluding carboxylic acids is 1. The Balaban J connectivity index is 1.66. The molecule has 27 heavy (non-hydrogen) atoms. The number of aryl methyl sites for hydroxylation is 1. The number of nitrogens with zero attached hydrogens (tertiary/aromatic N) is 3. The molecule has 0 aromatic carbocycles. The number of aromatic nitrogens is 2. The second kappa shape index (κ2) is 8.70. The third kappa shape index (κ3) is 4.70. The van der Waals surface area contributed by atoms with Crippen molar-refractivity contribution in [3.63, 3.8) is 0 Å². The summed E-state index contributed by atoms with van der Waals surface area (Å²) in [6, 6.07) is 0. The molecule has 1 aliphatic carbocycles. The molecule has 1 aromatic heterocycles. The molecule has 1 N–H and O–H groups in total. The first-order valence-electron chi connectivity index (χ1n) is 9.78. The maximum absolute atomic E-state index is 13.0. The predicted octanol–water partition coefficient (Wildman–Crippen LogP) is 1.22. The van der Waals surface area contributed by atoms with Crippen LogP contribution in [0.3, 0.4) is 0 Å². The Bertz CT molecular complexity index is 763. The van der Waals surface area contributed by atoms with Crippen molar-refractivity contribution in [2.45, 2.75) is 57.4 Å². The Kier molecular flexibility index (Phi) is 6.54. The van der Waals surface area contributed by atoms with Crippen molar-refractivity contribution >= 4 is 15.9 Å². The molecule has 9 heteroatoms. The van der Waals surface area contributed by atoms with Crippen molar-refractivity contribution in [1.82, 2.24) is 19.4 Å². The minimum atomic E-state index is -3.63. The molecule has 0 atom stereocenters. The van der Waals surface area contributed by atoms with Gasteiger partial charge in [0.15, 0.2) is 0 Å². The van der Waals surface area contributed by atoms with E-state index in [1.54, 1.807) is 13.8 Å². The maximum atomic E-state index is 13.0. The lowest BCUT2D eigenvalue weighted by atomic mass is 9.89. The number of hydrogen-bond donors (Lipinski definition) is 1. The van der Waals surface area contributed by atoms with E-state index in [1.165, 1.54) is 41.1 Å². The van der Waals surface area contributed by atoms with E-state index < -0.39 is 10.0 Å². The number of sulfonamides is 1. The van der Waals surface area contributed by atoms with Crippen LogP contribution in [0.15, 0.2) is 4.90 Å². The molecule has 3 rings (SSSR count). The van der Waals surface area contributed by atoms with Crippen LogP contribution in [0.5, 0.6) is 0 Å². The zero-order valence-electron chi connectivity index (χ0n) is 16.2. The van der Waals surface area contributed by atoms with Gasteiger partial charge in [-0.05, 0) is 32.6 Å².